The van der Waals surface area contributed by atoms with Gasteiger partial charge in [-0.1, -0.05) is 285 Å². The molecule has 0 spiro atoms. The summed E-state index contributed by atoms with van der Waals surface area (Å²) in [6.45, 7) is 11.4. The topological polar surface area (TPSA) is 78.9 Å². The maximum absolute atomic E-state index is 12.8. The van der Waals surface area contributed by atoms with E-state index in [0.717, 1.165) is 69.6 Å². The molecule has 0 aromatic carbocycles. The first kappa shape index (κ1) is 62.4. The van der Waals surface area contributed by atoms with Crippen molar-refractivity contribution in [2.24, 2.45) is 11.8 Å². The quantitative estimate of drug-likeness (QED) is 0.0344. The van der Waals surface area contributed by atoms with Gasteiger partial charge in [0.15, 0.2) is 6.10 Å². The molecule has 0 saturated carbocycles. The number of hydrogen-bond acceptors (Lipinski definition) is 6. The van der Waals surface area contributed by atoms with Crippen molar-refractivity contribution >= 4 is 17.9 Å². The van der Waals surface area contributed by atoms with Gasteiger partial charge < -0.3 is 14.2 Å². The van der Waals surface area contributed by atoms with Crippen molar-refractivity contribution in [2.45, 2.75) is 330 Å². The molecule has 0 aliphatic carbocycles. The summed E-state index contributed by atoms with van der Waals surface area (Å²) in [4.78, 5) is 38.1. The van der Waals surface area contributed by atoms with E-state index in [2.05, 4.69) is 34.6 Å². The van der Waals surface area contributed by atoms with Crippen molar-refractivity contribution in [3.8, 4) is 0 Å². The third kappa shape index (κ3) is 49.8. The molecule has 0 bridgehead atoms. The Morgan fingerprint density at radius 1 is 0.328 bits per heavy atom. The summed E-state index contributed by atoms with van der Waals surface area (Å²) in [6, 6.07) is 0. The molecule has 64 heavy (non-hydrogen) atoms. The van der Waals surface area contributed by atoms with E-state index < -0.39 is 6.10 Å². The van der Waals surface area contributed by atoms with E-state index in [0.29, 0.717) is 19.3 Å². The zero-order valence-electron chi connectivity index (χ0n) is 43.9. The maximum atomic E-state index is 12.8. The number of carbonyl (C=O) groups excluding carboxylic acids is 3. The van der Waals surface area contributed by atoms with Crippen LogP contribution in [-0.4, -0.2) is 37.2 Å². The fourth-order valence-corrected chi connectivity index (χ4v) is 8.84. The van der Waals surface area contributed by atoms with Gasteiger partial charge in [-0.25, -0.2) is 0 Å². The Kier molecular flexibility index (Phi) is 49.6. The molecule has 0 radical (unpaired) electrons. The van der Waals surface area contributed by atoms with Gasteiger partial charge in [0.1, 0.15) is 13.2 Å². The van der Waals surface area contributed by atoms with Gasteiger partial charge in [-0.15, -0.1) is 0 Å². The largest absolute Gasteiger partial charge is 0.462 e. The fourth-order valence-electron chi connectivity index (χ4n) is 8.84. The van der Waals surface area contributed by atoms with E-state index in [1.807, 2.05) is 0 Å². The molecule has 380 valence electrons. The lowest BCUT2D eigenvalue weighted by atomic mass is 9.99. The van der Waals surface area contributed by atoms with Crippen LogP contribution in [0.3, 0.4) is 0 Å². The summed E-state index contributed by atoms with van der Waals surface area (Å²) in [5.74, 6) is 0.900. The van der Waals surface area contributed by atoms with Crippen molar-refractivity contribution in [3.63, 3.8) is 0 Å². The number of esters is 3. The Balaban J connectivity index is 4.25. The van der Waals surface area contributed by atoms with Gasteiger partial charge in [0, 0.05) is 19.3 Å². The van der Waals surface area contributed by atoms with Gasteiger partial charge in [-0.05, 0) is 31.1 Å². The molecule has 6 heteroatoms. The minimum atomic E-state index is -0.762. The van der Waals surface area contributed by atoms with E-state index >= 15 is 0 Å². The SMILES string of the molecule is CCCCCCCCCCCCCC(=O)O[C@H](COC(=O)CCCCCCCCCCCCCCCCC(C)C)COC(=O)CCCCCCCCCCCCCCCCC(C)CC. The first-order valence-corrected chi connectivity index (χ1v) is 28.8. The van der Waals surface area contributed by atoms with Crippen molar-refractivity contribution < 1.29 is 28.6 Å². The summed E-state index contributed by atoms with van der Waals surface area (Å²) in [5.41, 5.74) is 0. The maximum Gasteiger partial charge on any atom is 0.306 e. The molecule has 0 aliphatic rings. The minimum absolute atomic E-state index is 0.0627. The molecule has 0 aliphatic heterocycles. The van der Waals surface area contributed by atoms with Crippen LogP contribution < -0.4 is 0 Å². The highest BCUT2D eigenvalue weighted by Crippen LogP contribution is 2.18. The third-order valence-corrected chi connectivity index (χ3v) is 13.6. The molecule has 0 N–H and O–H groups in total. The Hall–Kier alpha value is -1.59. The smallest absolute Gasteiger partial charge is 0.306 e. The van der Waals surface area contributed by atoms with Crippen molar-refractivity contribution in [1.29, 1.82) is 0 Å². The highest BCUT2D eigenvalue weighted by Gasteiger charge is 2.19. The highest BCUT2D eigenvalue weighted by molar-refractivity contribution is 5.71. The van der Waals surface area contributed by atoms with Crippen molar-refractivity contribution in [3.05, 3.63) is 0 Å². The lowest BCUT2D eigenvalue weighted by Crippen LogP contribution is -2.30. The number of unbranched alkanes of at least 4 members (excludes halogenated alkanes) is 36. The summed E-state index contributed by atoms with van der Waals surface area (Å²) in [5, 5.41) is 0. The second kappa shape index (κ2) is 50.8. The second-order valence-electron chi connectivity index (χ2n) is 20.6. The molecule has 2 atom stereocenters. The van der Waals surface area contributed by atoms with Crippen LogP contribution in [0.5, 0.6) is 0 Å². The lowest BCUT2D eigenvalue weighted by molar-refractivity contribution is -0.167. The van der Waals surface area contributed by atoms with Gasteiger partial charge in [0.05, 0.1) is 0 Å². The van der Waals surface area contributed by atoms with Crippen LogP contribution in [0.1, 0.15) is 324 Å². The van der Waals surface area contributed by atoms with E-state index in [1.54, 1.807) is 0 Å². The first-order valence-electron chi connectivity index (χ1n) is 28.8. The summed E-state index contributed by atoms with van der Waals surface area (Å²) in [6.07, 6.45) is 53.7. The fraction of sp³-hybridized carbons (Fsp3) is 0.948. The first-order chi connectivity index (χ1) is 31.3. The number of hydrogen-bond donors (Lipinski definition) is 0. The highest BCUT2D eigenvalue weighted by atomic mass is 16.6. The van der Waals surface area contributed by atoms with Gasteiger partial charge in [-0.3, -0.25) is 14.4 Å². The third-order valence-electron chi connectivity index (χ3n) is 13.6. The molecular formula is C58H112O6. The number of rotatable bonds is 52. The molecule has 0 aromatic heterocycles. The average molecular weight is 906 g/mol. The molecule has 0 heterocycles. The molecule has 0 rings (SSSR count). The zero-order chi connectivity index (χ0) is 46.8. The predicted octanol–water partition coefficient (Wildman–Crippen LogP) is 18.9. The second-order valence-corrected chi connectivity index (χ2v) is 20.6. The van der Waals surface area contributed by atoms with Crippen LogP contribution in [0.4, 0.5) is 0 Å². The molecule has 0 amide bonds. The van der Waals surface area contributed by atoms with Crippen LogP contribution in [0, 0.1) is 11.8 Å². The average Bonchev–Trinajstić information content (AvgIpc) is 3.28. The Morgan fingerprint density at radius 3 is 0.891 bits per heavy atom. The van der Waals surface area contributed by atoms with Gasteiger partial charge in [-0.2, -0.15) is 0 Å². The predicted molar refractivity (Wildman–Crippen MR) is 275 cm³/mol. The normalized spacial score (nSPS) is 12.5. The van der Waals surface area contributed by atoms with E-state index in [-0.39, 0.29) is 31.1 Å². The van der Waals surface area contributed by atoms with E-state index in [1.165, 1.54) is 212 Å². The van der Waals surface area contributed by atoms with Crippen molar-refractivity contribution in [1.82, 2.24) is 0 Å². The van der Waals surface area contributed by atoms with Crippen LogP contribution >= 0.6 is 0 Å². The zero-order valence-corrected chi connectivity index (χ0v) is 43.9. The van der Waals surface area contributed by atoms with Gasteiger partial charge in [0.2, 0.25) is 0 Å². The minimum Gasteiger partial charge on any atom is -0.462 e. The number of ether oxygens (including phenoxy) is 3. The Bertz CT molecular complexity index is 980. The molecule has 0 saturated heterocycles. The summed E-state index contributed by atoms with van der Waals surface area (Å²) < 4.78 is 16.9. The lowest BCUT2D eigenvalue weighted by Gasteiger charge is -2.18. The Morgan fingerprint density at radius 2 is 0.594 bits per heavy atom. The number of carbonyl (C=O) groups is 3. The molecule has 6 nitrogen and oxygen atoms in total. The van der Waals surface area contributed by atoms with Crippen LogP contribution in [0.2, 0.25) is 0 Å². The molecular weight excluding hydrogens is 793 g/mol. The molecule has 0 aromatic rings. The van der Waals surface area contributed by atoms with E-state index in [9.17, 15) is 14.4 Å². The Labute approximate surface area is 399 Å². The van der Waals surface area contributed by atoms with E-state index in [4.69, 9.17) is 14.2 Å². The van der Waals surface area contributed by atoms with Crippen molar-refractivity contribution in [2.75, 3.05) is 13.2 Å². The standard InChI is InChI=1S/C58H112O6/c1-6-8-9-10-11-12-21-30-35-40-45-50-58(61)64-55(51-62-56(59)48-43-38-33-28-24-19-15-13-17-22-26-31-36-41-46-53(3)4)52-63-57(60)49-44-39-34-29-25-20-16-14-18-23-27-32-37-42-47-54(5)7-2/h53-55H,6-52H2,1-5H3/t54?,55-/m1/s1. The monoisotopic (exact) mass is 905 g/mol. The summed E-state index contributed by atoms with van der Waals surface area (Å²) in [7, 11) is 0. The molecule has 0 fully saturated rings. The van der Waals surface area contributed by atoms with Gasteiger partial charge >= 0.3 is 17.9 Å². The van der Waals surface area contributed by atoms with Crippen LogP contribution in [-0.2, 0) is 28.6 Å². The van der Waals surface area contributed by atoms with Crippen LogP contribution in [0.15, 0.2) is 0 Å². The van der Waals surface area contributed by atoms with Crippen LogP contribution in [0.25, 0.3) is 0 Å². The molecule has 1 unspecified atom stereocenters. The summed E-state index contributed by atoms with van der Waals surface area (Å²) >= 11 is 0. The van der Waals surface area contributed by atoms with Gasteiger partial charge in [0.25, 0.3) is 0 Å².